The normalized spacial score (nSPS) is 20.9. The quantitative estimate of drug-likeness (QED) is 0.218. The van der Waals surface area contributed by atoms with Crippen molar-refractivity contribution in [2.45, 2.75) is 64.2 Å². The van der Waals surface area contributed by atoms with Gasteiger partial charge < -0.3 is 4.90 Å². The van der Waals surface area contributed by atoms with Crippen molar-refractivity contribution in [2.75, 3.05) is 31.7 Å². The van der Waals surface area contributed by atoms with Crippen molar-refractivity contribution in [1.29, 1.82) is 0 Å². The third-order valence-electron chi connectivity index (χ3n) is 6.92. The Kier molecular flexibility index (Phi) is 9.67. The molecule has 1 aromatic carbocycles. The summed E-state index contributed by atoms with van der Waals surface area (Å²) < 4.78 is 0. The summed E-state index contributed by atoms with van der Waals surface area (Å²) >= 11 is 0. The molecule has 1 aliphatic heterocycles. The molecular formula is C27H42N4. The largest absolute Gasteiger partial charge is 0.303 e. The van der Waals surface area contributed by atoms with Crippen LogP contribution in [0.1, 0.15) is 63.4 Å². The van der Waals surface area contributed by atoms with E-state index in [4.69, 9.17) is 0 Å². The van der Waals surface area contributed by atoms with Crippen LogP contribution in [0.15, 0.2) is 54.7 Å². The number of rotatable bonds is 10. The van der Waals surface area contributed by atoms with E-state index in [0.717, 1.165) is 36.8 Å². The summed E-state index contributed by atoms with van der Waals surface area (Å²) in [7, 11) is 2.08. The van der Waals surface area contributed by atoms with Gasteiger partial charge in [0, 0.05) is 25.7 Å². The summed E-state index contributed by atoms with van der Waals surface area (Å²) in [5, 5.41) is 2.10. The van der Waals surface area contributed by atoms with Crippen LogP contribution in [0.3, 0.4) is 0 Å². The lowest BCUT2D eigenvalue weighted by Crippen LogP contribution is -2.48. The first-order chi connectivity index (χ1) is 15.2. The number of likely N-dealkylation sites (tertiary alicyclic amines) is 1. The molecule has 4 heteroatoms. The van der Waals surface area contributed by atoms with E-state index in [2.05, 4.69) is 64.8 Å². The molecule has 0 radical (unpaired) electrons. The number of benzene rings is 1. The van der Waals surface area contributed by atoms with Crippen LogP contribution in [0, 0.1) is 11.8 Å². The summed E-state index contributed by atoms with van der Waals surface area (Å²) in [6.07, 6.45) is 16.7. The Balaban J connectivity index is 1.57. The van der Waals surface area contributed by atoms with Gasteiger partial charge in [-0.05, 0) is 68.8 Å². The highest BCUT2D eigenvalue weighted by Gasteiger charge is 2.25. The van der Waals surface area contributed by atoms with E-state index in [1.807, 2.05) is 6.08 Å². The van der Waals surface area contributed by atoms with Crippen LogP contribution < -0.4 is 10.4 Å². The predicted molar refractivity (Wildman–Crippen MR) is 134 cm³/mol. The molecule has 2 aliphatic rings. The zero-order chi connectivity index (χ0) is 21.9. The van der Waals surface area contributed by atoms with Crippen LogP contribution in [0.25, 0.3) is 0 Å². The molecule has 1 saturated carbocycles. The predicted octanol–water partition coefficient (Wildman–Crippen LogP) is 5.97. The molecule has 1 heterocycles. The lowest BCUT2D eigenvalue weighted by atomic mass is 9.86. The first-order valence-corrected chi connectivity index (χ1v) is 12.3. The van der Waals surface area contributed by atoms with Gasteiger partial charge in [-0.15, -0.1) is 6.58 Å². The Morgan fingerprint density at radius 2 is 2.03 bits per heavy atom. The minimum atomic E-state index is 0.435. The molecule has 1 atom stereocenters. The second kappa shape index (κ2) is 12.7. The van der Waals surface area contributed by atoms with Crippen molar-refractivity contribution in [3.05, 3.63) is 55.3 Å². The van der Waals surface area contributed by atoms with E-state index in [1.165, 1.54) is 70.0 Å². The second-order valence-electron chi connectivity index (χ2n) is 9.30. The van der Waals surface area contributed by atoms with Gasteiger partial charge in [-0.1, -0.05) is 56.9 Å². The van der Waals surface area contributed by atoms with Gasteiger partial charge in [-0.25, -0.2) is 4.99 Å². The lowest BCUT2D eigenvalue weighted by Gasteiger charge is -2.36. The molecule has 1 aromatic rings. The Morgan fingerprint density at radius 3 is 2.81 bits per heavy atom. The molecule has 1 aliphatic carbocycles. The van der Waals surface area contributed by atoms with Gasteiger partial charge in [0.1, 0.15) is 5.84 Å². The van der Waals surface area contributed by atoms with E-state index in [-0.39, 0.29) is 0 Å². The first-order valence-electron chi connectivity index (χ1n) is 12.3. The van der Waals surface area contributed by atoms with Gasteiger partial charge in [-0.3, -0.25) is 10.4 Å². The fraction of sp³-hybridized carbons (Fsp3) is 0.593. The highest BCUT2D eigenvalue weighted by molar-refractivity contribution is 5.86. The number of aryl methyl sites for hydroxylation is 1. The summed E-state index contributed by atoms with van der Waals surface area (Å²) in [4.78, 5) is 7.32. The monoisotopic (exact) mass is 422 g/mol. The highest BCUT2D eigenvalue weighted by Crippen LogP contribution is 2.27. The highest BCUT2D eigenvalue weighted by atomic mass is 15.5. The third-order valence-corrected chi connectivity index (χ3v) is 6.92. The fourth-order valence-corrected chi connectivity index (χ4v) is 5.07. The Hall–Kier alpha value is -2.07. The summed E-state index contributed by atoms with van der Waals surface area (Å²) in [5.41, 5.74) is 6.07. The minimum absolute atomic E-state index is 0.435. The van der Waals surface area contributed by atoms with Gasteiger partial charge >= 0.3 is 0 Å². The van der Waals surface area contributed by atoms with Crippen LogP contribution in [0.2, 0.25) is 0 Å². The molecule has 3 rings (SSSR count). The second-order valence-corrected chi connectivity index (χ2v) is 9.30. The van der Waals surface area contributed by atoms with Crippen molar-refractivity contribution in [3.63, 3.8) is 0 Å². The number of hydrogen-bond donors (Lipinski definition) is 1. The molecule has 0 aromatic heterocycles. The summed E-state index contributed by atoms with van der Waals surface area (Å²) in [6, 6.07) is 8.71. The molecule has 170 valence electrons. The number of nitrogens with zero attached hydrogens (tertiary/aromatic N) is 3. The van der Waals surface area contributed by atoms with Gasteiger partial charge in [0.2, 0.25) is 0 Å². The van der Waals surface area contributed by atoms with Crippen LogP contribution in [0.4, 0.5) is 5.69 Å². The molecule has 0 spiro atoms. The van der Waals surface area contributed by atoms with E-state index in [9.17, 15) is 0 Å². The smallest absolute Gasteiger partial charge is 0.124 e. The number of hydrazine groups is 1. The van der Waals surface area contributed by atoms with Crippen molar-refractivity contribution in [2.24, 2.45) is 16.8 Å². The number of nitrogens with one attached hydrogen (secondary N) is 1. The SMILES string of the molecule is C=CCCc1cccc(N(C)NC(=NC=C)C2CCCN(CCC3CCCCC3)C2)c1. The van der Waals surface area contributed by atoms with Crippen LogP contribution in [0.5, 0.6) is 0 Å². The van der Waals surface area contributed by atoms with E-state index in [1.54, 1.807) is 6.20 Å². The van der Waals surface area contributed by atoms with Crippen molar-refractivity contribution < 1.29 is 0 Å². The van der Waals surface area contributed by atoms with E-state index < -0.39 is 0 Å². The molecule has 1 N–H and O–H groups in total. The number of anilines is 1. The number of piperidine rings is 1. The van der Waals surface area contributed by atoms with E-state index in [0.29, 0.717) is 5.92 Å². The van der Waals surface area contributed by atoms with Gasteiger partial charge in [0.05, 0.1) is 5.69 Å². The van der Waals surface area contributed by atoms with Gasteiger partial charge in [-0.2, -0.15) is 0 Å². The maximum atomic E-state index is 4.66. The zero-order valence-electron chi connectivity index (χ0n) is 19.6. The fourth-order valence-electron chi connectivity index (χ4n) is 5.07. The average Bonchev–Trinajstić information content (AvgIpc) is 2.82. The van der Waals surface area contributed by atoms with Crippen molar-refractivity contribution >= 4 is 11.5 Å². The third kappa shape index (κ3) is 7.53. The number of aliphatic imine (C=N–C) groups is 1. The standard InChI is InChI=1S/C27H42N4/c1-4-6-12-24-15-10-17-26(21-24)30(3)29-27(28-5-2)25-16-11-19-31(22-25)20-18-23-13-8-7-9-14-23/h4-5,10,15,17,21,23,25H,1-2,6-9,11-14,16,18-20,22H2,3H3,(H,28,29). The number of hydrogen-bond acceptors (Lipinski definition) is 3. The molecular weight excluding hydrogens is 380 g/mol. The van der Waals surface area contributed by atoms with Crippen LogP contribution in [-0.4, -0.2) is 37.4 Å². The Bertz CT molecular complexity index is 720. The minimum Gasteiger partial charge on any atom is -0.303 e. The van der Waals surface area contributed by atoms with Gasteiger partial charge in [0.15, 0.2) is 0 Å². The van der Waals surface area contributed by atoms with Crippen molar-refractivity contribution in [3.8, 4) is 0 Å². The maximum Gasteiger partial charge on any atom is 0.124 e. The van der Waals surface area contributed by atoms with Crippen LogP contribution >= 0.6 is 0 Å². The molecule has 4 nitrogen and oxygen atoms in total. The van der Waals surface area contributed by atoms with Crippen LogP contribution in [-0.2, 0) is 6.42 Å². The first kappa shape index (κ1) is 23.6. The molecule has 2 fully saturated rings. The zero-order valence-corrected chi connectivity index (χ0v) is 19.6. The average molecular weight is 423 g/mol. The number of amidine groups is 1. The lowest BCUT2D eigenvalue weighted by molar-refractivity contribution is 0.181. The topological polar surface area (TPSA) is 30.9 Å². The Labute approximate surface area is 190 Å². The Morgan fingerprint density at radius 1 is 1.19 bits per heavy atom. The van der Waals surface area contributed by atoms with Gasteiger partial charge in [0.25, 0.3) is 0 Å². The molecule has 1 saturated heterocycles. The maximum absolute atomic E-state index is 4.66. The molecule has 31 heavy (non-hydrogen) atoms. The summed E-state index contributed by atoms with van der Waals surface area (Å²) in [6.45, 7) is 11.3. The molecule has 0 amide bonds. The van der Waals surface area contributed by atoms with Crippen molar-refractivity contribution in [1.82, 2.24) is 10.3 Å². The summed E-state index contributed by atoms with van der Waals surface area (Å²) in [5.74, 6) is 2.42. The molecule has 0 bridgehead atoms. The van der Waals surface area contributed by atoms with E-state index >= 15 is 0 Å². The molecule has 1 unspecified atom stereocenters. The number of allylic oxidation sites excluding steroid dienone is 1.